The highest BCUT2D eigenvalue weighted by molar-refractivity contribution is 7.03. The van der Waals surface area contributed by atoms with E-state index in [0.29, 0.717) is 11.4 Å². The van der Waals surface area contributed by atoms with Gasteiger partial charge in [0.1, 0.15) is 0 Å². The molecule has 6 nitrogen and oxygen atoms in total. The van der Waals surface area contributed by atoms with Gasteiger partial charge in [0.25, 0.3) is 5.91 Å². The summed E-state index contributed by atoms with van der Waals surface area (Å²) in [6.45, 7) is 8.07. The molecule has 1 aromatic carbocycles. The third kappa shape index (κ3) is 3.15. The second kappa shape index (κ2) is 5.70. The van der Waals surface area contributed by atoms with Crippen LogP contribution in [0, 0.1) is 0 Å². The van der Waals surface area contributed by atoms with Gasteiger partial charge in [0, 0.05) is 11.1 Å². The normalized spacial score (nSPS) is 18.9. The van der Waals surface area contributed by atoms with Gasteiger partial charge in [-0.2, -0.15) is 0 Å². The zero-order valence-corrected chi connectivity index (χ0v) is 14.3. The Morgan fingerprint density at radius 2 is 1.74 bits per heavy atom. The van der Waals surface area contributed by atoms with E-state index in [4.69, 9.17) is 9.31 Å². The Labute approximate surface area is 139 Å². The van der Waals surface area contributed by atoms with E-state index in [9.17, 15) is 4.79 Å². The van der Waals surface area contributed by atoms with Gasteiger partial charge in [-0.1, -0.05) is 16.6 Å². The molecule has 2 aromatic rings. The first kappa shape index (κ1) is 16.1. The van der Waals surface area contributed by atoms with Crippen molar-refractivity contribution in [2.24, 2.45) is 0 Å². The van der Waals surface area contributed by atoms with E-state index >= 15 is 0 Å². The van der Waals surface area contributed by atoms with Crippen LogP contribution in [-0.4, -0.2) is 33.8 Å². The highest BCUT2D eigenvalue weighted by Gasteiger charge is 2.51. The van der Waals surface area contributed by atoms with Crippen LogP contribution in [0.15, 0.2) is 29.6 Å². The summed E-state index contributed by atoms with van der Waals surface area (Å²) in [6.07, 6.45) is 0. The molecule has 1 N–H and O–H groups in total. The lowest BCUT2D eigenvalue weighted by Crippen LogP contribution is -2.41. The molecule has 0 bridgehead atoms. The molecule has 0 radical (unpaired) electrons. The second-order valence-corrected chi connectivity index (χ2v) is 7.06. The molecule has 1 aliphatic heterocycles. The van der Waals surface area contributed by atoms with Crippen molar-refractivity contribution in [1.82, 2.24) is 9.59 Å². The molecular weight excluding hydrogens is 313 g/mol. The SMILES string of the molecule is CC1(C)OB(c2ccc(NC(=O)c3csnn3)cc2)OC1(C)C. The average Bonchev–Trinajstić information content (AvgIpc) is 3.07. The summed E-state index contributed by atoms with van der Waals surface area (Å²) in [7, 11) is -0.410. The van der Waals surface area contributed by atoms with Crippen LogP contribution in [0.3, 0.4) is 0 Å². The summed E-state index contributed by atoms with van der Waals surface area (Å²) in [4.78, 5) is 11.9. The number of benzene rings is 1. The lowest BCUT2D eigenvalue weighted by Gasteiger charge is -2.32. The van der Waals surface area contributed by atoms with Crippen molar-refractivity contribution >= 4 is 35.7 Å². The first-order valence-corrected chi connectivity index (χ1v) is 8.16. The number of nitrogens with one attached hydrogen (secondary N) is 1. The Bertz CT molecular complexity index is 685. The topological polar surface area (TPSA) is 73.3 Å². The standard InChI is InChI=1S/C15H18BN3O3S/c1-14(2)15(3,4)22-16(21-14)10-5-7-11(8-6-10)17-13(20)12-9-23-19-18-12/h5-9H,1-4H3,(H,17,20). The fourth-order valence-corrected chi connectivity index (χ4v) is 2.60. The van der Waals surface area contributed by atoms with E-state index in [2.05, 4.69) is 14.9 Å². The van der Waals surface area contributed by atoms with Gasteiger partial charge in [-0.25, -0.2) is 0 Å². The zero-order valence-electron chi connectivity index (χ0n) is 13.5. The minimum absolute atomic E-state index is 0.276. The molecule has 8 heteroatoms. The van der Waals surface area contributed by atoms with Crippen molar-refractivity contribution in [2.75, 3.05) is 5.32 Å². The van der Waals surface area contributed by atoms with Crippen molar-refractivity contribution < 1.29 is 14.1 Å². The molecule has 0 saturated carbocycles. The molecule has 1 saturated heterocycles. The van der Waals surface area contributed by atoms with Gasteiger partial charge in [0.05, 0.1) is 11.2 Å². The molecular formula is C15H18BN3O3S. The Kier molecular flexibility index (Phi) is 3.99. The Morgan fingerprint density at radius 3 is 2.26 bits per heavy atom. The van der Waals surface area contributed by atoms with Gasteiger partial charge in [-0.05, 0) is 56.8 Å². The molecule has 0 aliphatic carbocycles. The fourth-order valence-electron chi connectivity index (χ4n) is 2.16. The van der Waals surface area contributed by atoms with Crippen LogP contribution in [0.25, 0.3) is 0 Å². The lowest BCUT2D eigenvalue weighted by atomic mass is 9.79. The van der Waals surface area contributed by atoms with Crippen LogP contribution in [-0.2, 0) is 9.31 Å². The van der Waals surface area contributed by atoms with Gasteiger partial charge in [-0.3, -0.25) is 4.79 Å². The molecule has 120 valence electrons. The van der Waals surface area contributed by atoms with Crippen molar-refractivity contribution in [3.63, 3.8) is 0 Å². The van der Waals surface area contributed by atoms with Crippen LogP contribution < -0.4 is 10.8 Å². The van der Waals surface area contributed by atoms with E-state index in [-0.39, 0.29) is 17.1 Å². The molecule has 0 spiro atoms. The molecule has 1 aliphatic rings. The highest BCUT2D eigenvalue weighted by Crippen LogP contribution is 2.36. The molecule has 3 rings (SSSR count). The largest absolute Gasteiger partial charge is 0.494 e. The average molecular weight is 331 g/mol. The number of aromatic nitrogens is 2. The third-order valence-corrected chi connectivity index (χ3v) is 4.79. The molecule has 1 aromatic heterocycles. The summed E-state index contributed by atoms with van der Waals surface area (Å²) >= 11 is 1.14. The first-order valence-electron chi connectivity index (χ1n) is 7.32. The summed E-state index contributed by atoms with van der Waals surface area (Å²) in [5.74, 6) is -0.276. The van der Waals surface area contributed by atoms with Gasteiger partial charge in [0.2, 0.25) is 0 Å². The lowest BCUT2D eigenvalue weighted by molar-refractivity contribution is 0.00578. The number of amides is 1. The maximum absolute atomic E-state index is 11.9. The van der Waals surface area contributed by atoms with Gasteiger partial charge in [0.15, 0.2) is 5.69 Å². The minimum Gasteiger partial charge on any atom is -0.399 e. The fraction of sp³-hybridized carbons (Fsp3) is 0.400. The van der Waals surface area contributed by atoms with Crippen LogP contribution >= 0.6 is 11.5 Å². The van der Waals surface area contributed by atoms with E-state index in [1.165, 1.54) is 0 Å². The molecule has 1 amide bonds. The van der Waals surface area contributed by atoms with E-state index < -0.39 is 7.12 Å². The maximum atomic E-state index is 11.9. The number of hydrogen-bond donors (Lipinski definition) is 1. The maximum Gasteiger partial charge on any atom is 0.494 e. The number of carbonyl (C=O) groups excluding carboxylic acids is 1. The molecule has 1 fully saturated rings. The van der Waals surface area contributed by atoms with Crippen molar-refractivity contribution in [1.29, 1.82) is 0 Å². The number of rotatable bonds is 3. The van der Waals surface area contributed by atoms with Crippen LogP contribution in [0.1, 0.15) is 38.2 Å². The molecule has 0 unspecified atom stereocenters. The number of anilines is 1. The zero-order chi connectivity index (χ0) is 16.7. The Hall–Kier alpha value is -1.77. The monoisotopic (exact) mass is 331 g/mol. The Balaban J connectivity index is 1.70. The van der Waals surface area contributed by atoms with E-state index in [1.807, 2.05) is 52.0 Å². The van der Waals surface area contributed by atoms with Crippen LogP contribution in [0.4, 0.5) is 5.69 Å². The Morgan fingerprint density at radius 1 is 1.13 bits per heavy atom. The van der Waals surface area contributed by atoms with Gasteiger partial charge < -0.3 is 14.6 Å². The first-order chi connectivity index (χ1) is 10.8. The van der Waals surface area contributed by atoms with Crippen LogP contribution in [0.5, 0.6) is 0 Å². The minimum atomic E-state index is -0.410. The van der Waals surface area contributed by atoms with Gasteiger partial charge in [-0.15, -0.1) is 5.10 Å². The van der Waals surface area contributed by atoms with E-state index in [1.54, 1.807) is 5.38 Å². The van der Waals surface area contributed by atoms with Crippen molar-refractivity contribution in [3.05, 3.63) is 35.3 Å². The second-order valence-electron chi connectivity index (χ2n) is 6.45. The van der Waals surface area contributed by atoms with Crippen molar-refractivity contribution in [2.45, 2.75) is 38.9 Å². The predicted octanol–water partition coefficient (Wildman–Crippen LogP) is 2.09. The predicted molar refractivity (Wildman–Crippen MR) is 90.0 cm³/mol. The van der Waals surface area contributed by atoms with Gasteiger partial charge >= 0.3 is 7.12 Å². The summed E-state index contributed by atoms with van der Waals surface area (Å²) in [5.41, 5.74) is 1.16. The van der Waals surface area contributed by atoms with Crippen molar-refractivity contribution in [3.8, 4) is 0 Å². The number of nitrogens with zero attached hydrogens (tertiary/aromatic N) is 2. The number of carbonyl (C=O) groups is 1. The molecule has 2 heterocycles. The quantitative estimate of drug-likeness (QED) is 0.872. The number of hydrogen-bond acceptors (Lipinski definition) is 6. The summed E-state index contributed by atoms with van der Waals surface area (Å²) in [5, 5.41) is 8.12. The summed E-state index contributed by atoms with van der Waals surface area (Å²) in [6, 6.07) is 7.41. The summed E-state index contributed by atoms with van der Waals surface area (Å²) < 4.78 is 15.7. The van der Waals surface area contributed by atoms with Crippen LogP contribution in [0.2, 0.25) is 0 Å². The molecule has 23 heavy (non-hydrogen) atoms. The van der Waals surface area contributed by atoms with E-state index in [0.717, 1.165) is 17.0 Å². The highest BCUT2D eigenvalue weighted by atomic mass is 32.1. The smallest absolute Gasteiger partial charge is 0.399 e. The third-order valence-electron chi connectivity index (χ3n) is 4.29. The molecule has 0 atom stereocenters.